The normalized spacial score (nSPS) is 15.7. The van der Waals surface area contributed by atoms with E-state index in [0.29, 0.717) is 5.06 Å². The Morgan fingerprint density at radius 2 is 0.949 bits per heavy atom. The van der Waals surface area contributed by atoms with Crippen LogP contribution in [0.25, 0.3) is 9.69 Å². The molecule has 3 fully saturated rings. The molecule has 18 nitrogen and oxygen atoms in total. The van der Waals surface area contributed by atoms with E-state index in [-0.39, 0.29) is 82.4 Å². The van der Waals surface area contributed by atoms with Gasteiger partial charge in [-0.3, -0.25) is 43.3 Å². The summed E-state index contributed by atoms with van der Waals surface area (Å²) in [5.41, 5.74) is 0. The highest BCUT2D eigenvalue weighted by atomic mass is 16.9. The number of aliphatic hydroxyl groups excluding tert-OH is 1. The molecule has 3 heterocycles. The number of carbonyl (C=O) groups is 8. The zero-order valence-corrected chi connectivity index (χ0v) is 19.7. The van der Waals surface area contributed by atoms with E-state index < -0.39 is 47.8 Å². The number of imide groups is 3. The Balaban J connectivity index is 0.000000626. The molecule has 3 aliphatic heterocycles. The third kappa shape index (κ3) is 11.2. The molecule has 3 rings (SSSR count). The van der Waals surface area contributed by atoms with Crippen molar-refractivity contribution in [1.29, 1.82) is 0 Å². The van der Waals surface area contributed by atoms with E-state index in [4.69, 9.17) is 18.3 Å². The predicted octanol–water partition coefficient (Wildman–Crippen LogP) is -0.0754. The minimum Gasteiger partial charge on any atom is -0.425 e. The molecular formula is C21H25N5O13. The van der Waals surface area contributed by atoms with Gasteiger partial charge in [-0.15, -0.1) is 0 Å². The van der Waals surface area contributed by atoms with Crippen molar-refractivity contribution in [1.82, 2.24) is 15.2 Å². The first-order chi connectivity index (χ1) is 18.0. The average molecular weight is 555 g/mol. The van der Waals surface area contributed by atoms with Crippen LogP contribution in [0.3, 0.4) is 0 Å². The predicted molar refractivity (Wildman–Crippen MR) is 120 cm³/mol. The first-order valence-corrected chi connectivity index (χ1v) is 10.6. The van der Waals surface area contributed by atoms with E-state index in [2.05, 4.69) is 28.9 Å². The van der Waals surface area contributed by atoms with Crippen LogP contribution in [0.5, 0.6) is 0 Å². The largest absolute Gasteiger partial charge is 0.560 e. The summed E-state index contributed by atoms with van der Waals surface area (Å²) in [4.78, 5) is 107. The Morgan fingerprint density at radius 1 is 0.641 bits per heavy atom. The van der Waals surface area contributed by atoms with E-state index in [0.717, 1.165) is 0 Å². The van der Waals surface area contributed by atoms with Crippen LogP contribution in [0.1, 0.15) is 46.0 Å². The van der Waals surface area contributed by atoms with E-state index in [9.17, 15) is 38.4 Å². The Kier molecular flexibility index (Phi) is 15.1. The highest BCUT2D eigenvalue weighted by molar-refractivity contribution is 6.03. The number of rotatable bonds is 6. The molecule has 0 atom stereocenters. The van der Waals surface area contributed by atoms with Crippen molar-refractivity contribution >= 4 is 47.8 Å². The summed E-state index contributed by atoms with van der Waals surface area (Å²) < 4.78 is 4.42. The fourth-order valence-electron chi connectivity index (χ4n) is 2.46. The second-order valence-electron chi connectivity index (χ2n) is 6.85. The average Bonchev–Trinajstić information content (AvgIpc) is 3.49. The van der Waals surface area contributed by atoms with Gasteiger partial charge >= 0.3 is 12.3 Å². The van der Waals surface area contributed by atoms with Crippen LogP contribution >= 0.6 is 0 Å². The highest BCUT2D eigenvalue weighted by Crippen LogP contribution is 2.16. The van der Waals surface area contributed by atoms with Gasteiger partial charge in [0, 0.05) is 38.5 Å². The van der Waals surface area contributed by atoms with Crippen molar-refractivity contribution in [2.45, 2.75) is 46.0 Å². The molecule has 0 unspecified atom stereocenters. The standard InChI is InChI=1S/C9H8N2O7.C8H8N2O5.C3H5NO.CH4/c12-5-1-2-6(13)10(5)17-9(16)18-11-7(14)3-4-8(11)15;1-9-4-5-14-8(13)15-10-6(11)2-3-7(10)12;1-4-2-3-5;/h1-4H2;2-5H2;5H,2-3H2;1H4. The first-order valence-electron chi connectivity index (χ1n) is 10.6. The number of aliphatic hydroxyl groups is 1. The number of nitrogens with zero attached hydrogens (tertiary/aromatic N) is 5. The fraction of sp³-hybridized carbons (Fsp3) is 0.524. The molecule has 0 aromatic carbocycles. The van der Waals surface area contributed by atoms with Gasteiger partial charge in [0.2, 0.25) is 13.1 Å². The number of hydrogen-bond acceptors (Lipinski definition) is 13. The summed E-state index contributed by atoms with van der Waals surface area (Å²) in [6.07, 6.45) is -2.81. The molecule has 1 N–H and O–H groups in total. The number of carbonyl (C=O) groups excluding carboxylic acids is 8. The van der Waals surface area contributed by atoms with Gasteiger partial charge in [0.15, 0.2) is 6.61 Å². The molecule has 18 heteroatoms. The van der Waals surface area contributed by atoms with Crippen molar-refractivity contribution in [3.8, 4) is 0 Å². The molecule has 0 aromatic heterocycles. The van der Waals surface area contributed by atoms with Crippen molar-refractivity contribution < 1.29 is 62.7 Å². The maximum atomic E-state index is 11.2. The van der Waals surface area contributed by atoms with Crippen molar-refractivity contribution in [2.24, 2.45) is 0 Å². The topological polar surface area (TPSA) is 212 Å². The van der Waals surface area contributed by atoms with Gasteiger partial charge in [0.1, 0.15) is 6.61 Å². The molecule has 0 aromatic rings. The van der Waals surface area contributed by atoms with Crippen LogP contribution in [0.4, 0.5) is 9.59 Å². The molecule has 3 aliphatic rings. The number of hydrogen-bond donors (Lipinski definition) is 1. The third-order valence-corrected chi connectivity index (χ3v) is 4.15. The van der Waals surface area contributed by atoms with Gasteiger partial charge in [0.05, 0.1) is 0 Å². The Labute approximate surface area is 221 Å². The minimum atomic E-state index is -1.48. The Morgan fingerprint density at radius 3 is 1.21 bits per heavy atom. The van der Waals surface area contributed by atoms with Gasteiger partial charge in [-0.05, 0) is 0 Å². The summed E-state index contributed by atoms with van der Waals surface area (Å²) >= 11 is 0. The van der Waals surface area contributed by atoms with Crippen LogP contribution in [-0.2, 0) is 48.0 Å². The summed E-state index contributed by atoms with van der Waals surface area (Å²) in [6.45, 7) is 12.6. The summed E-state index contributed by atoms with van der Waals surface area (Å²) in [5, 5.41) is 8.76. The molecular weight excluding hydrogens is 530 g/mol. The fourth-order valence-corrected chi connectivity index (χ4v) is 2.46. The smallest absolute Gasteiger partial charge is 0.425 e. The lowest BCUT2D eigenvalue weighted by Crippen LogP contribution is -2.37. The maximum absolute atomic E-state index is 11.2. The lowest BCUT2D eigenvalue weighted by Gasteiger charge is -2.15. The van der Waals surface area contributed by atoms with Crippen LogP contribution < -0.4 is 0 Å². The third-order valence-electron chi connectivity index (χ3n) is 4.15. The van der Waals surface area contributed by atoms with Crippen molar-refractivity contribution in [2.75, 3.05) is 26.3 Å². The SMILES string of the molecule is C.O=C(ON1C(=O)CCC1=O)ON1C(=O)CCC1=O.[C-]#[N+]CCO.[C-]#[N+]CCOC(=O)ON1C(=O)CCC1=O. The van der Waals surface area contributed by atoms with E-state index in [1.54, 1.807) is 0 Å². The van der Waals surface area contributed by atoms with Gasteiger partial charge in [-0.25, -0.2) is 17.9 Å². The Hall–Kier alpha value is -5.10. The zero-order valence-electron chi connectivity index (χ0n) is 19.7. The van der Waals surface area contributed by atoms with Crippen LogP contribution in [0.2, 0.25) is 0 Å². The monoisotopic (exact) mass is 555 g/mol. The van der Waals surface area contributed by atoms with Gasteiger partial charge < -0.3 is 19.5 Å². The molecule has 6 amide bonds. The Bertz CT molecular complexity index is 973. The lowest BCUT2D eigenvalue weighted by molar-refractivity contribution is -0.198. The summed E-state index contributed by atoms with van der Waals surface area (Å²) in [6, 6.07) is 0. The highest BCUT2D eigenvalue weighted by Gasteiger charge is 2.37. The first kappa shape index (κ1) is 33.9. The zero-order chi connectivity index (χ0) is 28.7. The molecule has 0 bridgehead atoms. The van der Waals surface area contributed by atoms with Crippen molar-refractivity contribution in [3.63, 3.8) is 0 Å². The summed E-state index contributed by atoms with van der Waals surface area (Å²) in [5.74, 6) is -3.87. The quantitative estimate of drug-likeness (QED) is 0.197. The van der Waals surface area contributed by atoms with Gasteiger partial charge in [-0.1, -0.05) is 22.6 Å². The van der Waals surface area contributed by atoms with Gasteiger partial charge in [-0.2, -0.15) is 4.79 Å². The number of hydroxylamine groups is 6. The number of amides is 6. The van der Waals surface area contributed by atoms with E-state index in [1.165, 1.54) is 0 Å². The van der Waals surface area contributed by atoms with E-state index in [1.807, 2.05) is 0 Å². The lowest BCUT2D eigenvalue weighted by atomic mass is 10.4. The molecule has 212 valence electrons. The van der Waals surface area contributed by atoms with E-state index >= 15 is 0 Å². The van der Waals surface area contributed by atoms with Gasteiger partial charge in [0.25, 0.3) is 35.4 Å². The van der Waals surface area contributed by atoms with Crippen LogP contribution in [-0.4, -0.2) is 94.4 Å². The molecule has 0 radical (unpaired) electrons. The second kappa shape index (κ2) is 17.4. The molecule has 0 spiro atoms. The van der Waals surface area contributed by atoms with Crippen LogP contribution in [0.15, 0.2) is 0 Å². The van der Waals surface area contributed by atoms with Crippen molar-refractivity contribution in [3.05, 3.63) is 22.8 Å². The number of ether oxygens (including phenoxy) is 1. The molecule has 3 saturated heterocycles. The molecule has 39 heavy (non-hydrogen) atoms. The second-order valence-corrected chi connectivity index (χ2v) is 6.85. The molecule has 0 aliphatic carbocycles. The maximum Gasteiger partial charge on any atom is 0.560 e. The summed E-state index contributed by atoms with van der Waals surface area (Å²) in [7, 11) is 0. The van der Waals surface area contributed by atoms with Crippen LogP contribution in [0, 0.1) is 13.1 Å². The molecule has 0 saturated carbocycles. The minimum absolute atomic E-state index is 0.